The number of amides is 1. The first kappa shape index (κ1) is 19.6. The van der Waals surface area contributed by atoms with Crippen molar-refractivity contribution in [2.45, 2.75) is 13.5 Å². The second kappa shape index (κ2) is 8.27. The number of aryl methyl sites for hydroxylation is 1. The number of carbonyl (C=O) groups excluding carboxylic acids is 1. The molecule has 0 atom stereocenters. The average molecular weight is 394 g/mol. The highest BCUT2D eigenvalue weighted by molar-refractivity contribution is 7.92. The lowest BCUT2D eigenvalue weighted by Crippen LogP contribution is -2.29. The quantitative estimate of drug-likeness (QED) is 0.681. The molecule has 0 unspecified atom stereocenters. The summed E-state index contributed by atoms with van der Waals surface area (Å²) < 4.78 is 25.9. The summed E-state index contributed by atoms with van der Waals surface area (Å²) in [7, 11) is -3.45. The molecule has 0 aliphatic rings. The Kier molecular flexibility index (Phi) is 5.80. The maximum Gasteiger partial charge on any atom is 0.255 e. The van der Waals surface area contributed by atoms with Gasteiger partial charge in [-0.3, -0.25) is 9.10 Å². The van der Waals surface area contributed by atoms with Crippen LogP contribution in [-0.2, 0) is 16.6 Å². The van der Waals surface area contributed by atoms with Gasteiger partial charge in [0.1, 0.15) is 0 Å². The average Bonchev–Trinajstić information content (AvgIpc) is 2.66. The Labute approximate surface area is 165 Å². The van der Waals surface area contributed by atoms with Crippen LogP contribution < -0.4 is 9.62 Å². The van der Waals surface area contributed by atoms with E-state index in [4.69, 9.17) is 0 Å². The van der Waals surface area contributed by atoms with E-state index in [1.807, 2.05) is 55.5 Å². The van der Waals surface area contributed by atoms with Gasteiger partial charge in [-0.25, -0.2) is 8.42 Å². The van der Waals surface area contributed by atoms with Crippen LogP contribution in [0.2, 0.25) is 0 Å². The van der Waals surface area contributed by atoms with Gasteiger partial charge in [-0.15, -0.1) is 0 Å². The smallest absolute Gasteiger partial charge is 0.255 e. The minimum Gasteiger partial charge on any atom is -0.322 e. The lowest BCUT2D eigenvalue weighted by atomic mass is 10.1. The summed E-state index contributed by atoms with van der Waals surface area (Å²) >= 11 is 0. The van der Waals surface area contributed by atoms with Crippen molar-refractivity contribution in [3.63, 3.8) is 0 Å². The second-order valence-electron chi connectivity index (χ2n) is 6.63. The molecular weight excluding hydrogens is 372 g/mol. The SMILES string of the molecule is Cc1cccc(N(Cc2ccc(C(=O)Nc3ccccc3)cc2)S(C)(=O)=O)c1. The van der Waals surface area contributed by atoms with Gasteiger partial charge >= 0.3 is 0 Å². The number of sulfonamides is 1. The van der Waals surface area contributed by atoms with Gasteiger partial charge in [-0.2, -0.15) is 0 Å². The molecule has 6 heteroatoms. The fourth-order valence-electron chi connectivity index (χ4n) is 2.84. The van der Waals surface area contributed by atoms with Crippen LogP contribution in [0.5, 0.6) is 0 Å². The molecule has 3 aromatic rings. The summed E-state index contributed by atoms with van der Waals surface area (Å²) in [6.07, 6.45) is 1.19. The number of nitrogens with zero attached hydrogens (tertiary/aromatic N) is 1. The number of para-hydroxylation sites is 1. The molecule has 0 saturated carbocycles. The molecule has 3 aromatic carbocycles. The van der Waals surface area contributed by atoms with Gasteiger partial charge in [0.05, 0.1) is 18.5 Å². The fraction of sp³-hybridized carbons (Fsp3) is 0.136. The Hall–Kier alpha value is -3.12. The van der Waals surface area contributed by atoms with E-state index in [9.17, 15) is 13.2 Å². The van der Waals surface area contributed by atoms with Crippen molar-refractivity contribution in [3.05, 3.63) is 95.6 Å². The van der Waals surface area contributed by atoms with E-state index >= 15 is 0 Å². The van der Waals surface area contributed by atoms with Crippen LogP contribution >= 0.6 is 0 Å². The van der Waals surface area contributed by atoms with Crippen LogP contribution in [0.1, 0.15) is 21.5 Å². The number of benzene rings is 3. The third kappa shape index (κ3) is 4.98. The van der Waals surface area contributed by atoms with E-state index in [1.54, 1.807) is 30.3 Å². The first-order chi connectivity index (χ1) is 13.3. The Balaban J connectivity index is 1.77. The van der Waals surface area contributed by atoms with Crippen molar-refractivity contribution in [1.82, 2.24) is 0 Å². The standard InChI is InChI=1S/C22H22N2O3S/c1-17-7-6-10-21(15-17)24(28(2,26)27)16-18-11-13-19(14-12-18)22(25)23-20-8-4-3-5-9-20/h3-15H,16H2,1-2H3,(H,23,25). The van der Waals surface area contributed by atoms with E-state index in [1.165, 1.54) is 10.6 Å². The summed E-state index contributed by atoms with van der Waals surface area (Å²) in [6, 6.07) is 23.5. The Morgan fingerprint density at radius 1 is 0.929 bits per heavy atom. The molecule has 0 radical (unpaired) electrons. The van der Waals surface area contributed by atoms with Gasteiger partial charge < -0.3 is 5.32 Å². The zero-order valence-corrected chi connectivity index (χ0v) is 16.6. The van der Waals surface area contributed by atoms with Crippen molar-refractivity contribution in [2.24, 2.45) is 0 Å². The zero-order chi connectivity index (χ0) is 20.1. The first-order valence-electron chi connectivity index (χ1n) is 8.83. The van der Waals surface area contributed by atoms with E-state index < -0.39 is 10.0 Å². The Morgan fingerprint density at radius 2 is 1.61 bits per heavy atom. The maximum absolute atomic E-state index is 12.3. The molecule has 5 nitrogen and oxygen atoms in total. The Morgan fingerprint density at radius 3 is 2.21 bits per heavy atom. The molecule has 1 amide bonds. The second-order valence-corrected chi connectivity index (χ2v) is 8.53. The zero-order valence-electron chi connectivity index (χ0n) is 15.8. The molecule has 0 bridgehead atoms. The minimum absolute atomic E-state index is 0.197. The fourth-order valence-corrected chi connectivity index (χ4v) is 3.72. The van der Waals surface area contributed by atoms with Crippen molar-refractivity contribution in [2.75, 3.05) is 15.9 Å². The third-order valence-electron chi connectivity index (χ3n) is 4.26. The van der Waals surface area contributed by atoms with Crippen molar-refractivity contribution >= 4 is 27.3 Å². The Bertz CT molecular complexity index is 1060. The highest BCUT2D eigenvalue weighted by atomic mass is 32.2. The molecule has 0 spiro atoms. The first-order valence-corrected chi connectivity index (χ1v) is 10.7. The van der Waals surface area contributed by atoms with Crippen LogP contribution in [0, 0.1) is 6.92 Å². The molecule has 3 rings (SSSR count). The third-order valence-corrected chi connectivity index (χ3v) is 5.40. The predicted octanol–water partition coefficient (Wildman–Crippen LogP) is 4.21. The number of hydrogen-bond donors (Lipinski definition) is 1. The summed E-state index contributed by atoms with van der Waals surface area (Å²) in [6.45, 7) is 2.12. The summed E-state index contributed by atoms with van der Waals surface area (Å²) in [5, 5.41) is 2.83. The lowest BCUT2D eigenvalue weighted by molar-refractivity contribution is 0.102. The number of hydrogen-bond acceptors (Lipinski definition) is 3. The van der Waals surface area contributed by atoms with Gasteiger partial charge in [0.25, 0.3) is 5.91 Å². The molecule has 0 aromatic heterocycles. The van der Waals surface area contributed by atoms with Crippen LogP contribution in [0.4, 0.5) is 11.4 Å². The van der Waals surface area contributed by atoms with Gasteiger partial charge in [-0.05, 0) is 54.4 Å². The van der Waals surface area contributed by atoms with Gasteiger partial charge in [0.2, 0.25) is 10.0 Å². The van der Waals surface area contributed by atoms with Gasteiger partial charge in [0.15, 0.2) is 0 Å². The number of rotatable bonds is 6. The molecule has 0 aliphatic carbocycles. The van der Waals surface area contributed by atoms with E-state index in [0.717, 1.165) is 16.8 Å². The molecule has 144 valence electrons. The number of carbonyl (C=O) groups is 1. The highest BCUT2D eigenvalue weighted by Gasteiger charge is 2.18. The monoisotopic (exact) mass is 394 g/mol. The van der Waals surface area contributed by atoms with Crippen molar-refractivity contribution in [1.29, 1.82) is 0 Å². The van der Waals surface area contributed by atoms with Crippen LogP contribution in [0.3, 0.4) is 0 Å². The largest absolute Gasteiger partial charge is 0.322 e. The number of nitrogens with one attached hydrogen (secondary N) is 1. The molecule has 0 fully saturated rings. The summed E-state index contributed by atoms with van der Waals surface area (Å²) in [4.78, 5) is 12.3. The molecular formula is C22H22N2O3S. The van der Waals surface area contributed by atoms with Crippen molar-refractivity contribution in [3.8, 4) is 0 Å². The molecule has 0 heterocycles. The molecule has 0 aliphatic heterocycles. The normalized spacial score (nSPS) is 11.1. The minimum atomic E-state index is -3.45. The molecule has 1 N–H and O–H groups in total. The van der Waals surface area contributed by atoms with Crippen LogP contribution in [0.25, 0.3) is 0 Å². The van der Waals surface area contributed by atoms with Crippen LogP contribution in [-0.4, -0.2) is 20.6 Å². The summed E-state index contributed by atoms with van der Waals surface area (Å²) in [5.41, 5.74) is 3.63. The molecule has 28 heavy (non-hydrogen) atoms. The topological polar surface area (TPSA) is 66.5 Å². The predicted molar refractivity (Wildman–Crippen MR) is 113 cm³/mol. The number of anilines is 2. The van der Waals surface area contributed by atoms with E-state index in [-0.39, 0.29) is 12.5 Å². The maximum atomic E-state index is 12.3. The summed E-state index contributed by atoms with van der Waals surface area (Å²) in [5.74, 6) is -0.212. The highest BCUT2D eigenvalue weighted by Crippen LogP contribution is 2.22. The van der Waals surface area contributed by atoms with Crippen LogP contribution in [0.15, 0.2) is 78.9 Å². The van der Waals surface area contributed by atoms with Crippen molar-refractivity contribution < 1.29 is 13.2 Å². The van der Waals surface area contributed by atoms with E-state index in [0.29, 0.717) is 11.3 Å². The molecule has 0 saturated heterocycles. The van der Waals surface area contributed by atoms with E-state index in [2.05, 4.69) is 5.32 Å². The van der Waals surface area contributed by atoms with Gasteiger partial charge in [0, 0.05) is 11.3 Å². The lowest BCUT2D eigenvalue weighted by Gasteiger charge is -2.23. The van der Waals surface area contributed by atoms with Gasteiger partial charge in [-0.1, -0.05) is 42.5 Å².